The Morgan fingerprint density at radius 3 is 1.44 bits per heavy atom. The number of carboxylic acid groups (broad SMARTS) is 1. The van der Waals surface area contributed by atoms with Crippen LogP contribution in [0, 0.1) is 0 Å². The first kappa shape index (κ1) is 32.9. The van der Waals surface area contributed by atoms with E-state index in [0.29, 0.717) is 19.4 Å². The second kappa shape index (κ2) is 29.7. The molecule has 4 heteroatoms. The van der Waals surface area contributed by atoms with Crippen molar-refractivity contribution in [3.63, 3.8) is 0 Å². The van der Waals surface area contributed by atoms with E-state index in [0.717, 1.165) is 25.7 Å². The van der Waals surface area contributed by atoms with E-state index >= 15 is 0 Å². The van der Waals surface area contributed by atoms with E-state index in [4.69, 9.17) is 9.84 Å². The fraction of sp³-hybridized carbons (Fsp3) is 0.857. The number of hydrogen-bond acceptors (Lipinski definition) is 3. The minimum absolute atomic E-state index is 0.0472. The van der Waals surface area contributed by atoms with Crippen molar-refractivity contribution in [3.05, 3.63) is 12.2 Å². The van der Waals surface area contributed by atoms with E-state index in [1.807, 2.05) is 6.92 Å². The zero-order valence-electron chi connectivity index (χ0n) is 21.7. The molecule has 0 rings (SSSR count). The fourth-order valence-corrected chi connectivity index (χ4v) is 3.45. The van der Waals surface area contributed by atoms with Crippen LogP contribution in [0.4, 0.5) is 0 Å². The number of esters is 1. The average Bonchev–Trinajstić information content (AvgIpc) is 2.77. The molecule has 0 saturated carbocycles. The SMILES string of the molecule is CCCCCCCC(=O)OCC.CCCCCCCCC=CCCCCCCCC(=O)O. The van der Waals surface area contributed by atoms with Gasteiger partial charge in [-0.3, -0.25) is 9.59 Å². The summed E-state index contributed by atoms with van der Waals surface area (Å²) in [5, 5.41) is 8.51. The molecule has 0 fully saturated rings. The summed E-state index contributed by atoms with van der Waals surface area (Å²) in [5.41, 5.74) is 0. The van der Waals surface area contributed by atoms with Gasteiger partial charge in [0.2, 0.25) is 0 Å². The van der Waals surface area contributed by atoms with Gasteiger partial charge in [0.25, 0.3) is 0 Å². The standard InChI is InChI=1S/C18H34O2.C10H20O2/c1-2-3-4-5-6-7-8-9-10-11-12-13-14-15-16-17-18(19)20;1-3-5-6-7-8-9-10(11)12-4-2/h9-10H,2-8,11-17H2,1H3,(H,19,20);3-9H2,1-2H3. The van der Waals surface area contributed by atoms with Gasteiger partial charge in [0.15, 0.2) is 0 Å². The number of carbonyl (C=O) groups is 2. The van der Waals surface area contributed by atoms with Gasteiger partial charge in [-0.05, 0) is 45.4 Å². The lowest BCUT2D eigenvalue weighted by atomic mass is 10.1. The molecule has 0 heterocycles. The van der Waals surface area contributed by atoms with Gasteiger partial charge in [-0.1, -0.05) is 103 Å². The van der Waals surface area contributed by atoms with Crippen LogP contribution in [0.15, 0.2) is 12.2 Å². The Kier molecular flexibility index (Phi) is 30.5. The fourth-order valence-electron chi connectivity index (χ4n) is 3.45. The summed E-state index contributed by atoms with van der Waals surface area (Å²) < 4.78 is 4.81. The van der Waals surface area contributed by atoms with Crippen molar-refractivity contribution in [2.75, 3.05) is 6.61 Å². The molecule has 4 nitrogen and oxygen atoms in total. The highest BCUT2D eigenvalue weighted by Crippen LogP contribution is 2.10. The summed E-state index contributed by atoms with van der Waals surface area (Å²) in [6.07, 6.45) is 27.8. The van der Waals surface area contributed by atoms with Gasteiger partial charge in [-0.2, -0.15) is 0 Å². The van der Waals surface area contributed by atoms with Gasteiger partial charge >= 0.3 is 11.9 Å². The summed E-state index contributed by atoms with van der Waals surface area (Å²) in [6, 6.07) is 0. The van der Waals surface area contributed by atoms with Gasteiger partial charge < -0.3 is 9.84 Å². The molecule has 0 saturated heterocycles. The Labute approximate surface area is 199 Å². The van der Waals surface area contributed by atoms with E-state index in [1.54, 1.807) is 0 Å². The van der Waals surface area contributed by atoms with Crippen LogP contribution < -0.4 is 0 Å². The highest BCUT2D eigenvalue weighted by atomic mass is 16.5. The first-order valence-corrected chi connectivity index (χ1v) is 13.6. The van der Waals surface area contributed by atoms with E-state index in [9.17, 15) is 9.59 Å². The predicted molar refractivity (Wildman–Crippen MR) is 137 cm³/mol. The molecule has 0 atom stereocenters. The monoisotopic (exact) mass is 454 g/mol. The van der Waals surface area contributed by atoms with Crippen LogP contribution in [-0.2, 0) is 14.3 Å². The van der Waals surface area contributed by atoms with Crippen LogP contribution >= 0.6 is 0 Å². The second-order valence-corrected chi connectivity index (χ2v) is 8.70. The average molecular weight is 455 g/mol. The molecule has 0 aliphatic carbocycles. The minimum Gasteiger partial charge on any atom is -0.481 e. The second-order valence-electron chi connectivity index (χ2n) is 8.70. The molecule has 0 aromatic rings. The van der Waals surface area contributed by atoms with Crippen molar-refractivity contribution in [1.29, 1.82) is 0 Å². The molecule has 190 valence electrons. The third kappa shape index (κ3) is 33.3. The summed E-state index contributed by atoms with van der Waals surface area (Å²) in [6.45, 7) is 6.79. The number of carboxylic acids is 1. The molecule has 0 radical (unpaired) electrons. The van der Waals surface area contributed by atoms with Crippen molar-refractivity contribution in [3.8, 4) is 0 Å². The largest absolute Gasteiger partial charge is 0.481 e. The topological polar surface area (TPSA) is 63.6 Å². The Morgan fingerprint density at radius 1 is 0.594 bits per heavy atom. The van der Waals surface area contributed by atoms with E-state index in [1.165, 1.54) is 89.9 Å². The molecule has 0 bridgehead atoms. The molecule has 0 aliphatic heterocycles. The first-order chi connectivity index (χ1) is 15.6. The van der Waals surface area contributed by atoms with Crippen LogP contribution in [0.25, 0.3) is 0 Å². The van der Waals surface area contributed by atoms with Crippen molar-refractivity contribution in [2.24, 2.45) is 0 Å². The number of hydrogen-bond donors (Lipinski definition) is 1. The lowest BCUT2D eigenvalue weighted by molar-refractivity contribution is -0.143. The smallest absolute Gasteiger partial charge is 0.305 e. The Morgan fingerprint density at radius 2 is 1.00 bits per heavy atom. The molecule has 1 N–H and O–H groups in total. The highest BCUT2D eigenvalue weighted by Gasteiger charge is 1.99. The van der Waals surface area contributed by atoms with Crippen molar-refractivity contribution in [1.82, 2.24) is 0 Å². The molecule has 0 amide bonds. The van der Waals surface area contributed by atoms with E-state index in [2.05, 4.69) is 26.0 Å². The van der Waals surface area contributed by atoms with Crippen LogP contribution in [0.1, 0.15) is 149 Å². The van der Waals surface area contributed by atoms with Crippen molar-refractivity contribution < 1.29 is 19.4 Å². The van der Waals surface area contributed by atoms with Crippen molar-refractivity contribution in [2.45, 2.75) is 149 Å². The third-order valence-corrected chi connectivity index (χ3v) is 5.44. The summed E-state index contributed by atoms with van der Waals surface area (Å²) in [4.78, 5) is 21.2. The lowest BCUT2D eigenvalue weighted by Gasteiger charge is -2.00. The molecule has 0 aliphatic rings. The van der Waals surface area contributed by atoms with Crippen LogP contribution in [0.5, 0.6) is 0 Å². The maximum absolute atomic E-state index is 10.9. The van der Waals surface area contributed by atoms with E-state index in [-0.39, 0.29) is 5.97 Å². The van der Waals surface area contributed by atoms with Gasteiger partial charge in [0.05, 0.1) is 6.61 Å². The summed E-state index contributed by atoms with van der Waals surface area (Å²) >= 11 is 0. The zero-order valence-corrected chi connectivity index (χ0v) is 21.7. The molecular formula is C28H54O4. The molecule has 0 spiro atoms. The number of allylic oxidation sites excluding steroid dienone is 2. The van der Waals surface area contributed by atoms with Crippen LogP contribution in [-0.4, -0.2) is 23.7 Å². The predicted octanol–water partition coefficient (Wildman–Crippen LogP) is 9.02. The van der Waals surface area contributed by atoms with E-state index < -0.39 is 5.97 Å². The summed E-state index contributed by atoms with van der Waals surface area (Å²) in [5.74, 6) is -0.711. The van der Waals surface area contributed by atoms with Crippen LogP contribution in [0.3, 0.4) is 0 Å². The zero-order chi connectivity index (χ0) is 24.1. The van der Waals surface area contributed by atoms with Gasteiger partial charge in [-0.25, -0.2) is 0 Å². The molecule has 0 unspecified atom stereocenters. The quantitative estimate of drug-likeness (QED) is 0.101. The van der Waals surface area contributed by atoms with Crippen LogP contribution in [0.2, 0.25) is 0 Å². The molecule has 32 heavy (non-hydrogen) atoms. The Bertz CT molecular complexity index is 418. The highest BCUT2D eigenvalue weighted by molar-refractivity contribution is 5.69. The number of ether oxygens (including phenoxy) is 1. The molecule has 0 aromatic carbocycles. The van der Waals surface area contributed by atoms with Gasteiger partial charge in [0, 0.05) is 12.8 Å². The number of carbonyl (C=O) groups excluding carboxylic acids is 1. The van der Waals surface area contributed by atoms with Gasteiger partial charge in [-0.15, -0.1) is 0 Å². The maximum atomic E-state index is 10.9. The lowest BCUT2D eigenvalue weighted by Crippen LogP contribution is -2.02. The maximum Gasteiger partial charge on any atom is 0.305 e. The molecular weight excluding hydrogens is 400 g/mol. The number of aliphatic carboxylic acids is 1. The minimum atomic E-state index is -0.664. The summed E-state index contributed by atoms with van der Waals surface area (Å²) in [7, 11) is 0. The Hall–Kier alpha value is -1.32. The third-order valence-electron chi connectivity index (χ3n) is 5.44. The van der Waals surface area contributed by atoms with Crippen molar-refractivity contribution >= 4 is 11.9 Å². The Balaban J connectivity index is 0. The van der Waals surface area contributed by atoms with Gasteiger partial charge in [0.1, 0.15) is 0 Å². The molecule has 0 aromatic heterocycles. The normalized spacial score (nSPS) is 10.7. The number of rotatable bonds is 22. The number of unbranched alkanes of at least 4 members (excludes halogenated alkanes) is 15. The first-order valence-electron chi connectivity index (χ1n) is 13.6.